The van der Waals surface area contributed by atoms with Crippen molar-refractivity contribution in [2.75, 3.05) is 7.11 Å². The molecule has 0 heterocycles. The average molecular weight is 144 g/mol. The minimum atomic E-state index is -0.494. The summed E-state index contributed by atoms with van der Waals surface area (Å²) >= 11 is 0. The number of allylic oxidation sites excluding steroid dienone is 1. The van der Waals surface area contributed by atoms with Crippen LogP contribution in [0.1, 0.15) is 27.2 Å². The van der Waals surface area contributed by atoms with Crippen molar-refractivity contribution in [1.82, 2.24) is 0 Å². The predicted molar refractivity (Wildman–Crippen MR) is 41.6 cm³/mol. The van der Waals surface area contributed by atoms with Crippen LogP contribution in [0.5, 0.6) is 0 Å². The lowest BCUT2D eigenvalue weighted by atomic mass is 10.4. The van der Waals surface area contributed by atoms with Crippen LogP contribution < -0.4 is 0 Å². The van der Waals surface area contributed by atoms with Crippen LogP contribution in [0.15, 0.2) is 12.3 Å². The Labute approximate surface area is 62.8 Å². The maximum Gasteiger partial charge on any atom is 0.203 e. The Morgan fingerprint density at radius 2 is 2.00 bits per heavy atom. The summed E-state index contributed by atoms with van der Waals surface area (Å²) in [5.41, 5.74) is 0. The van der Waals surface area contributed by atoms with Crippen LogP contribution in [0, 0.1) is 0 Å². The number of ether oxygens (including phenoxy) is 2. The third kappa shape index (κ3) is 4.39. The second-order valence-corrected chi connectivity index (χ2v) is 2.50. The van der Waals surface area contributed by atoms with Crippen molar-refractivity contribution in [3.8, 4) is 0 Å². The lowest BCUT2D eigenvalue weighted by Crippen LogP contribution is -2.23. The molecule has 0 aromatic rings. The van der Waals surface area contributed by atoms with Gasteiger partial charge in [0.15, 0.2) is 0 Å². The summed E-state index contributed by atoms with van der Waals surface area (Å²) < 4.78 is 10.2. The molecule has 0 bridgehead atoms. The van der Waals surface area contributed by atoms with Crippen molar-refractivity contribution in [1.29, 1.82) is 0 Å². The molecule has 0 fully saturated rings. The van der Waals surface area contributed by atoms with Gasteiger partial charge in [-0.2, -0.15) is 0 Å². The van der Waals surface area contributed by atoms with Crippen LogP contribution in [-0.4, -0.2) is 12.9 Å². The van der Waals surface area contributed by atoms with Crippen LogP contribution in [0.2, 0.25) is 0 Å². The van der Waals surface area contributed by atoms with Crippen molar-refractivity contribution < 1.29 is 9.47 Å². The molecule has 0 aromatic carbocycles. The molecule has 60 valence electrons. The Balaban J connectivity index is 3.56. The van der Waals surface area contributed by atoms with E-state index in [2.05, 4.69) is 6.92 Å². The minimum Gasteiger partial charge on any atom is -0.471 e. The first-order valence-electron chi connectivity index (χ1n) is 3.50. The van der Waals surface area contributed by atoms with Gasteiger partial charge in [0.05, 0.1) is 6.26 Å². The molecule has 0 amide bonds. The topological polar surface area (TPSA) is 18.5 Å². The van der Waals surface area contributed by atoms with E-state index in [1.807, 2.05) is 19.9 Å². The molecule has 0 rings (SSSR count). The molecule has 2 heteroatoms. The van der Waals surface area contributed by atoms with Crippen LogP contribution in [0.25, 0.3) is 0 Å². The molecule has 0 radical (unpaired) electrons. The van der Waals surface area contributed by atoms with E-state index in [9.17, 15) is 0 Å². The predicted octanol–water partition coefficient (Wildman–Crippen LogP) is 2.31. The largest absolute Gasteiger partial charge is 0.471 e. The van der Waals surface area contributed by atoms with Crippen molar-refractivity contribution in [2.24, 2.45) is 0 Å². The van der Waals surface area contributed by atoms with E-state index in [1.165, 1.54) is 0 Å². The molecule has 0 atom stereocenters. The monoisotopic (exact) mass is 144 g/mol. The molecular formula is C8H16O2. The zero-order chi connectivity index (χ0) is 8.04. The maximum atomic E-state index is 5.22. The van der Waals surface area contributed by atoms with Crippen molar-refractivity contribution in [2.45, 2.75) is 33.0 Å². The average Bonchev–Trinajstić information content (AvgIpc) is 1.89. The van der Waals surface area contributed by atoms with Gasteiger partial charge in [-0.05, 0) is 12.5 Å². The molecule has 0 aromatic heterocycles. The van der Waals surface area contributed by atoms with Gasteiger partial charge < -0.3 is 9.47 Å². The minimum absolute atomic E-state index is 0.494. The number of methoxy groups -OCH3 is 1. The standard InChI is InChI=1S/C8H16O2/c1-5-6-7-10-8(2,3)9-4/h6-7H,5H2,1-4H3. The second kappa shape index (κ2) is 4.34. The molecule has 0 saturated heterocycles. The first-order chi connectivity index (χ1) is 4.62. The highest BCUT2D eigenvalue weighted by Crippen LogP contribution is 2.09. The van der Waals surface area contributed by atoms with E-state index < -0.39 is 5.79 Å². The third-order valence-electron chi connectivity index (χ3n) is 1.18. The zero-order valence-corrected chi connectivity index (χ0v) is 7.18. The highest BCUT2D eigenvalue weighted by atomic mass is 16.7. The summed E-state index contributed by atoms with van der Waals surface area (Å²) in [6, 6.07) is 0. The van der Waals surface area contributed by atoms with Gasteiger partial charge in [-0.25, -0.2) is 0 Å². The first-order valence-corrected chi connectivity index (χ1v) is 3.50. The summed E-state index contributed by atoms with van der Waals surface area (Å²) in [5, 5.41) is 0. The van der Waals surface area contributed by atoms with E-state index in [0.717, 1.165) is 6.42 Å². The molecule has 2 nitrogen and oxygen atoms in total. The zero-order valence-electron chi connectivity index (χ0n) is 7.18. The van der Waals surface area contributed by atoms with Crippen molar-refractivity contribution in [3.05, 3.63) is 12.3 Å². The number of rotatable bonds is 4. The van der Waals surface area contributed by atoms with Gasteiger partial charge in [-0.3, -0.25) is 0 Å². The van der Waals surface area contributed by atoms with Gasteiger partial charge in [0, 0.05) is 21.0 Å². The summed E-state index contributed by atoms with van der Waals surface area (Å²) in [6.07, 6.45) is 4.60. The van der Waals surface area contributed by atoms with Gasteiger partial charge in [0.25, 0.3) is 0 Å². The maximum absolute atomic E-state index is 5.22. The number of hydrogen-bond acceptors (Lipinski definition) is 2. The SMILES string of the molecule is CCC=COC(C)(C)OC. The fraction of sp³-hybridized carbons (Fsp3) is 0.750. The summed E-state index contributed by atoms with van der Waals surface area (Å²) in [4.78, 5) is 0. The highest BCUT2D eigenvalue weighted by Gasteiger charge is 2.14. The second-order valence-electron chi connectivity index (χ2n) is 2.50. The van der Waals surface area contributed by atoms with Gasteiger partial charge in [0.1, 0.15) is 0 Å². The Bertz CT molecular complexity index is 106. The van der Waals surface area contributed by atoms with E-state index in [0.29, 0.717) is 0 Å². The highest BCUT2D eigenvalue weighted by molar-refractivity contribution is 4.72. The fourth-order valence-electron chi connectivity index (χ4n) is 0.356. The Morgan fingerprint density at radius 3 is 2.40 bits per heavy atom. The molecule has 0 unspecified atom stereocenters. The van der Waals surface area contributed by atoms with Crippen molar-refractivity contribution >= 4 is 0 Å². The van der Waals surface area contributed by atoms with Crippen LogP contribution in [0.3, 0.4) is 0 Å². The van der Waals surface area contributed by atoms with Gasteiger partial charge in [-0.15, -0.1) is 0 Å². The van der Waals surface area contributed by atoms with E-state index >= 15 is 0 Å². The van der Waals surface area contributed by atoms with E-state index in [1.54, 1.807) is 13.4 Å². The molecular weight excluding hydrogens is 128 g/mol. The van der Waals surface area contributed by atoms with Crippen LogP contribution in [0.4, 0.5) is 0 Å². The van der Waals surface area contributed by atoms with Gasteiger partial charge in [-0.1, -0.05) is 6.92 Å². The molecule has 0 N–H and O–H groups in total. The molecule has 0 aliphatic rings. The van der Waals surface area contributed by atoms with Gasteiger partial charge in [0.2, 0.25) is 5.79 Å². The number of hydrogen-bond donors (Lipinski definition) is 0. The first kappa shape index (κ1) is 9.50. The van der Waals surface area contributed by atoms with Crippen molar-refractivity contribution in [3.63, 3.8) is 0 Å². The smallest absolute Gasteiger partial charge is 0.203 e. The van der Waals surface area contributed by atoms with E-state index in [-0.39, 0.29) is 0 Å². The summed E-state index contributed by atoms with van der Waals surface area (Å²) in [5.74, 6) is -0.494. The molecule has 0 saturated carbocycles. The van der Waals surface area contributed by atoms with Crippen LogP contribution in [-0.2, 0) is 9.47 Å². The molecule has 10 heavy (non-hydrogen) atoms. The molecule has 0 spiro atoms. The van der Waals surface area contributed by atoms with Gasteiger partial charge >= 0.3 is 0 Å². The Kier molecular flexibility index (Phi) is 4.12. The molecule has 0 aliphatic heterocycles. The normalized spacial score (nSPS) is 12.4. The lowest BCUT2D eigenvalue weighted by Gasteiger charge is -2.21. The third-order valence-corrected chi connectivity index (χ3v) is 1.18. The fourth-order valence-corrected chi connectivity index (χ4v) is 0.356. The Morgan fingerprint density at radius 1 is 1.40 bits per heavy atom. The molecule has 0 aliphatic carbocycles. The Hall–Kier alpha value is -0.500. The van der Waals surface area contributed by atoms with E-state index in [4.69, 9.17) is 9.47 Å². The summed E-state index contributed by atoms with van der Waals surface area (Å²) in [6.45, 7) is 5.79. The quantitative estimate of drug-likeness (QED) is 0.445. The lowest BCUT2D eigenvalue weighted by molar-refractivity contribution is -0.161. The summed E-state index contributed by atoms with van der Waals surface area (Å²) in [7, 11) is 1.62. The van der Waals surface area contributed by atoms with Crippen LogP contribution >= 0.6 is 0 Å².